The van der Waals surface area contributed by atoms with Gasteiger partial charge in [0.25, 0.3) is 6.21 Å². The maximum atomic E-state index is 13.7. The molecule has 9 heteroatoms. The Labute approximate surface area is 187 Å². The van der Waals surface area contributed by atoms with Crippen LogP contribution in [0.2, 0.25) is 0 Å². The summed E-state index contributed by atoms with van der Waals surface area (Å²) in [6.07, 6.45) is 0.281. The van der Waals surface area contributed by atoms with Gasteiger partial charge in [-0.3, -0.25) is 0 Å². The molecule has 164 valence electrons. The molecule has 0 aliphatic carbocycles. The van der Waals surface area contributed by atoms with Crippen LogP contribution in [0.4, 0.5) is 24.8 Å². The Hall–Kier alpha value is -4.23. The van der Waals surface area contributed by atoms with Gasteiger partial charge in [0.05, 0.1) is 11.3 Å². The molecule has 3 heterocycles. The summed E-state index contributed by atoms with van der Waals surface area (Å²) in [6, 6.07) is 13.0. The molecule has 1 aromatic heterocycles. The second kappa shape index (κ2) is 8.03. The predicted octanol–water partition coefficient (Wildman–Crippen LogP) is 4.43. The molecule has 0 unspecified atom stereocenters. The van der Waals surface area contributed by atoms with E-state index in [1.807, 2.05) is 31.2 Å². The van der Waals surface area contributed by atoms with Gasteiger partial charge in [0.15, 0.2) is 11.6 Å². The Morgan fingerprint density at radius 2 is 1.67 bits per heavy atom. The van der Waals surface area contributed by atoms with E-state index in [1.165, 1.54) is 18.2 Å². The number of fused-ring (bicyclic) bond motifs is 1. The van der Waals surface area contributed by atoms with Gasteiger partial charge in [0.1, 0.15) is 5.57 Å². The molecular weight excluding hydrogens is 429 g/mol. The van der Waals surface area contributed by atoms with Crippen LogP contribution in [0.1, 0.15) is 23.9 Å². The number of hydrogen-bond acceptors (Lipinski definition) is 5. The van der Waals surface area contributed by atoms with E-state index < -0.39 is 11.7 Å². The highest BCUT2D eigenvalue weighted by atomic mass is 19.4. The molecule has 5 rings (SSSR count). The topological polar surface area (TPSA) is 76.8 Å². The third-order valence-electron chi connectivity index (χ3n) is 5.32. The van der Waals surface area contributed by atoms with Crippen LogP contribution in [0, 0.1) is 0 Å². The van der Waals surface area contributed by atoms with E-state index in [0.717, 1.165) is 28.6 Å². The summed E-state index contributed by atoms with van der Waals surface area (Å²) in [5.74, 6) is 0.314. The van der Waals surface area contributed by atoms with Gasteiger partial charge in [0, 0.05) is 29.4 Å². The Kier molecular flexibility index (Phi) is 5.03. The zero-order chi connectivity index (χ0) is 23.0. The molecule has 2 aliphatic heterocycles. The molecule has 0 saturated carbocycles. The zero-order valence-corrected chi connectivity index (χ0v) is 17.5. The molecular formula is C24H18F3N6+. The molecule has 0 saturated heterocycles. The smallest absolute Gasteiger partial charge is 0.381 e. The third kappa shape index (κ3) is 4.02. The standard InChI is InChI=1S/C24H18F3N6/c1-14-12-29-19-9-5-3-7-17(19)20(14)30-23-32-21(15-10-11-28-13-15)31-22(33-23)16-6-2-4-8-18(16)24(25,26)27/h2-11,13,29H,12H2,1H3,(H,30,31,32,33)/q+1. The first-order chi connectivity index (χ1) is 15.9. The van der Waals surface area contributed by atoms with Gasteiger partial charge in [-0.1, -0.05) is 36.4 Å². The average molecular weight is 447 g/mol. The second-order valence-corrected chi connectivity index (χ2v) is 7.58. The minimum absolute atomic E-state index is 0.0721. The van der Waals surface area contributed by atoms with Gasteiger partial charge >= 0.3 is 12.4 Å². The molecule has 0 spiro atoms. The highest BCUT2D eigenvalue weighted by Crippen LogP contribution is 2.37. The minimum atomic E-state index is -4.55. The number of para-hydroxylation sites is 1. The van der Waals surface area contributed by atoms with Crippen LogP contribution in [0.25, 0.3) is 22.7 Å². The highest BCUT2D eigenvalue weighted by molar-refractivity contribution is 6.16. The summed E-state index contributed by atoms with van der Waals surface area (Å²) in [6.45, 7) is 2.59. The van der Waals surface area contributed by atoms with Gasteiger partial charge in [-0.15, -0.1) is 4.67 Å². The number of alkyl halides is 3. The first-order valence-electron chi connectivity index (χ1n) is 10.2. The Balaban J connectivity index is 1.64. The lowest BCUT2D eigenvalue weighted by atomic mass is 10.0. The van der Waals surface area contributed by atoms with Crippen molar-refractivity contribution in [2.75, 3.05) is 17.2 Å². The zero-order valence-electron chi connectivity index (χ0n) is 17.5. The number of nitrogens with zero attached hydrogens (tertiary/aromatic N) is 4. The van der Waals surface area contributed by atoms with Crippen molar-refractivity contribution in [3.63, 3.8) is 0 Å². The molecule has 0 atom stereocenters. The largest absolute Gasteiger partial charge is 0.417 e. The SMILES string of the molecule is CC1=C(Nc2nc(C3=CC=[N+]=C3)nc(-c3ccccc3C(F)(F)F)n2)c2ccccc2NC1. The van der Waals surface area contributed by atoms with E-state index >= 15 is 0 Å². The lowest BCUT2D eigenvalue weighted by Crippen LogP contribution is -2.18. The average Bonchev–Trinajstić information content (AvgIpc) is 3.35. The van der Waals surface area contributed by atoms with E-state index in [0.29, 0.717) is 12.1 Å². The summed E-state index contributed by atoms with van der Waals surface area (Å²) in [5.41, 5.74) is 3.35. The van der Waals surface area contributed by atoms with Gasteiger partial charge in [0.2, 0.25) is 5.95 Å². The lowest BCUT2D eigenvalue weighted by Gasteiger charge is -2.23. The minimum Gasteiger partial charge on any atom is -0.381 e. The van der Waals surface area contributed by atoms with E-state index in [-0.39, 0.29) is 23.2 Å². The number of hydrogen-bond donors (Lipinski definition) is 2. The molecule has 2 N–H and O–H groups in total. The number of rotatable bonds is 4. The predicted molar refractivity (Wildman–Crippen MR) is 124 cm³/mol. The first kappa shape index (κ1) is 20.7. The molecule has 2 aromatic carbocycles. The van der Waals surface area contributed by atoms with Crippen molar-refractivity contribution in [2.45, 2.75) is 13.1 Å². The fourth-order valence-electron chi connectivity index (χ4n) is 3.72. The van der Waals surface area contributed by atoms with Crippen molar-refractivity contribution >= 4 is 35.3 Å². The summed E-state index contributed by atoms with van der Waals surface area (Å²) in [4.78, 5) is 13.2. The molecule has 3 aromatic rings. The van der Waals surface area contributed by atoms with Crippen LogP contribution in [0.15, 0.2) is 60.2 Å². The van der Waals surface area contributed by atoms with Gasteiger partial charge in [-0.05, 0) is 24.6 Å². The van der Waals surface area contributed by atoms with Crippen LogP contribution >= 0.6 is 0 Å². The Morgan fingerprint density at radius 1 is 0.939 bits per heavy atom. The second-order valence-electron chi connectivity index (χ2n) is 7.58. The fourth-order valence-corrected chi connectivity index (χ4v) is 3.72. The van der Waals surface area contributed by atoms with Crippen LogP contribution in [-0.4, -0.2) is 33.9 Å². The lowest BCUT2D eigenvalue weighted by molar-refractivity contribution is -0.137. The van der Waals surface area contributed by atoms with Crippen molar-refractivity contribution in [2.24, 2.45) is 0 Å². The van der Waals surface area contributed by atoms with Crippen LogP contribution in [0.3, 0.4) is 0 Å². The van der Waals surface area contributed by atoms with Crippen LogP contribution in [0.5, 0.6) is 0 Å². The van der Waals surface area contributed by atoms with E-state index in [9.17, 15) is 13.2 Å². The first-order valence-corrected chi connectivity index (χ1v) is 10.2. The van der Waals surface area contributed by atoms with Crippen LogP contribution < -0.4 is 15.3 Å². The van der Waals surface area contributed by atoms with Gasteiger partial charge in [-0.2, -0.15) is 23.1 Å². The number of allylic oxidation sites excluding steroid dienone is 2. The van der Waals surface area contributed by atoms with Gasteiger partial charge < -0.3 is 10.6 Å². The summed E-state index contributed by atoms with van der Waals surface area (Å²) < 4.78 is 45.1. The highest BCUT2D eigenvalue weighted by Gasteiger charge is 2.34. The van der Waals surface area contributed by atoms with Crippen molar-refractivity contribution in [1.29, 1.82) is 0 Å². The molecule has 0 fully saturated rings. The van der Waals surface area contributed by atoms with Crippen molar-refractivity contribution in [3.05, 3.63) is 77.1 Å². The Bertz CT molecular complexity index is 1380. The summed E-state index contributed by atoms with van der Waals surface area (Å²) in [7, 11) is 0. The fraction of sp³-hybridized carbons (Fsp3) is 0.125. The maximum absolute atomic E-state index is 13.7. The molecule has 2 aliphatic rings. The molecule has 6 nitrogen and oxygen atoms in total. The van der Waals surface area contributed by atoms with Crippen molar-refractivity contribution in [1.82, 2.24) is 19.6 Å². The van der Waals surface area contributed by atoms with E-state index in [1.54, 1.807) is 18.5 Å². The van der Waals surface area contributed by atoms with Crippen molar-refractivity contribution in [3.8, 4) is 11.4 Å². The molecule has 0 bridgehead atoms. The number of aromatic nitrogens is 3. The molecule has 0 amide bonds. The quantitative estimate of drug-likeness (QED) is 0.579. The van der Waals surface area contributed by atoms with Crippen molar-refractivity contribution < 1.29 is 13.2 Å². The Morgan fingerprint density at radius 3 is 2.42 bits per heavy atom. The number of benzene rings is 2. The summed E-state index contributed by atoms with van der Waals surface area (Å²) in [5, 5.41) is 6.57. The number of halogens is 3. The normalized spacial score (nSPS) is 14.7. The van der Waals surface area contributed by atoms with Gasteiger partial charge in [-0.25, -0.2) is 4.98 Å². The number of anilines is 2. The maximum Gasteiger partial charge on any atom is 0.417 e. The van der Waals surface area contributed by atoms with E-state index in [4.69, 9.17) is 0 Å². The molecule has 0 radical (unpaired) electrons. The van der Waals surface area contributed by atoms with E-state index in [2.05, 4.69) is 30.3 Å². The molecule has 33 heavy (non-hydrogen) atoms. The summed E-state index contributed by atoms with van der Waals surface area (Å²) >= 11 is 0. The number of nitrogens with one attached hydrogen (secondary N) is 2. The van der Waals surface area contributed by atoms with Crippen LogP contribution in [-0.2, 0) is 6.18 Å². The third-order valence-corrected chi connectivity index (χ3v) is 5.32. The monoisotopic (exact) mass is 447 g/mol.